The summed E-state index contributed by atoms with van der Waals surface area (Å²) in [5.74, 6) is -0.489. The summed E-state index contributed by atoms with van der Waals surface area (Å²) in [6.07, 6.45) is 0. The van der Waals surface area contributed by atoms with E-state index in [-0.39, 0.29) is 18.6 Å². The smallest absolute Gasteiger partial charge is 0.338 e. The van der Waals surface area contributed by atoms with Crippen molar-refractivity contribution >= 4 is 17.6 Å². The first-order chi connectivity index (χ1) is 9.31. The minimum Gasteiger partial charge on any atom is -0.452 e. The zero-order chi connectivity index (χ0) is 15.3. The molecule has 1 aromatic rings. The van der Waals surface area contributed by atoms with E-state index >= 15 is 0 Å². The van der Waals surface area contributed by atoms with Gasteiger partial charge in [-0.05, 0) is 43.5 Å². The minimum atomic E-state index is -0.519. The van der Waals surface area contributed by atoms with E-state index in [1.54, 1.807) is 25.1 Å². The van der Waals surface area contributed by atoms with Crippen LogP contribution in [-0.4, -0.2) is 24.5 Å². The van der Waals surface area contributed by atoms with E-state index in [0.29, 0.717) is 17.2 Å². The second kappa shape index (κ2) is 6.93. The van der Waals surface area contributed by atoms with Crippen molar-refractivity contribution < 1.29 is 14.3 Å². The Labute approximate surface area is 119 Å². The summed E-state index contributed by atoms with van der Waals surface area (Å²) in [5.41, 5.74) is 7.35. The first kappa shape index (κ1) is 16.0. The number of nitrogens with one attached hydrogen (secondary N) is 1. The van der Waals surface area contributed by atoms with Crippen LogP contribution in [0.25, 0.3) is 0 Å². The molecule has 0 fully saturated rings. The summed E-state index contributed by atoms with van der Waals surface area (Å²) < 4.78 is 5.00. The molecule has 1 rings (SSSR count). The van der Waals surface area contributed by atoms with Crippen LogP contribution in [0.5, 0.6) is 0 Å². The van der Waals surface area contributed by atoms with Gasteiger partial charge in [-0.2, -0.15) is 0 Å². The first-order valence-corrected chi connectivity index (χ1v) is 6.64. The molecule has 1 amide bonds. The van der Waals surface area contributed by atoms with Crippen LogP contribution in [0.15, 0.2) is 18.2 Å². The van der Waals surface area contributed by atoms with Crippen molar-refractivity contribution in [3.63, 3.8) is 0 Å². The Hall–Kier alpha value is -2.04. The number of nitrogens with two attached hydrogens (primary N) is 1. The summed E-state index contributed by atoms with van der Waals surface area (Å²) in [6, 6.07) is 4.96. The summed E-state index contributed by atoms with van der Waals surface area (Å²) in [4.78, 5) is 23.5. The number of esters is 1. The normalized spacial score (nSPS) is 12.1. The van der Waals surface area contributed by atoms with Crippen molar-refractivity contribution in [1.82, 2.24) is 5.32 Å². The average molecular weight is 278 g/mol. The maximum absolute atomic E-state index is 11.9. The zero-order valence-electron chi connectivity index (χ0n) is 12.4. The molecule has 0 aliphatic carbocycles. The number of hydrogen-bond donors (Lipinski definition) is 2. The number of nitrogen functional groups attached to an aromatic ring is 1. The number of ether oxygens (including phenoxy) is 1. The fourth-order valence-corrected chi connectivity index (χ4v) is 1.59. The highest BCUT2D eigenvalue weighted by molar-refractivity contribution is 5.93. The Morgan fingerprint density at radius 1 is 1.30 bits per heavy atom. The molecule has 0 heterocycles. The Bertz CT molecular complexity index is 498. The van der Waals surface area contributed by atoms with Crippen LogP contribution < -0.4 is 11.1 Å². The van der Waals surface area contributed by atoms with Crippen molar-refractivity contribution in [1.29, 1.82) is 0 Å². The molecule has 0 bridgehead atoms. The predicted molar refractivity (Wildman–Crippen MR) is 78.3 cm³/mol. The van der Waals surface area contributed by atoms with E-state index < -0.39 is 5.97 Å². The first-order valence-electron chi connectivity index (χ1n) is 6.64. The van der Waals surface area contributed by atoms with Crippen LogP contribution in [0, 0.1) is 12.8 Å². The number of anilines is 1. The molecule has 0 saturated carbocycles. The molecule has 0 radical (unpaired) electrons. The molecule has 3 N–H and O–H groups in total. The molecule has 1 aromatic carbocycles. The molecule has 0 aromatic heterocycles. The third kappa shape index (κ3) is 4.57. The molecule has 1 unspecified atom stereocenters. The molecule has 0 saturated heterocycles. The van der Waals surface area contributed by atoms with E-state index in [4.69, 9.17) is 10.5 Å². The van der Waals surface area contributed by atoms with Crippen LogP contribution >= 0.6 is 0 Å². The number of carbonyl (C=O) groups is 2. The van der Waals surface area contributed by atoms with Gasteiger partial charge in [0.05, 0.1) is 5.56 Å². The molecule has 20 heavy (non-hydrogen) atoms. The van der Waals surface area contributed by atoms with Gasteiger partial charge in [0.2, 0.25) is 0 Å². The van der Waals surface area contributed by atoms with E-state index in [9.17, 15) is 9.59 Å². The molecular formula is C15H22N2O3. The number of benzene rings is 1. The molecular weight excluding hydrogens is 256 g/mol. The maximum Gasteiger partial charge on any atom is 0.338 e. The van der Waals surface area contributed by atoms with Gasteiger partial charge in [-0.3, -0.25) is 4.79 Å². The summed E-state index contributed by atoms with van der Waals surface area (Å²) in [5, 5.41) is 2.77. The van der Waals surface area contributed by atoms with Crippen LogP contribution in [0.4, 0.5) is 5.69 Å². The number of amides is 1. The fourth-order valence-electron chi connectivity index (χ4n) is 1.59. The van der Waals surface area contributed by atoms with Crippen molar-refractivity contribution in [2.24, 2.45) is 5.92 Å². The minimum absolute atomic E-state index is 0.0412. The van der Waals surface area contributed by atoms with Crippen LogP contribution in [0.1, 0.15) is 36.7 Å². The summed E-state index contributed by atoms with van der Waals surface area (Å²) >= 11 is 0. The van der Waals surface area contributed by atoms with E-state index in [0.717, 1.165) is 5.56 Å². The van der Waals surface area contributed by atoms with Crippen LogP contribution in [-0.2, 0) is 9.53 Å². The average Bonchev–Trinajstić information content (AvgIpc) is 2.35. The van der Waals surface area contributed by atoms with E-state index in [1.165, 1.54) is 0 Å². The number of carbonyl (C=O) groups excluding carboxylic acids is 2. The molecule has 5 nitrogen and oxygen atoms in total. The van der Waals surface area contributed by atoms with Gasteiger partial charge in [0, 0.05) is 11.7 Å². The monoisotopic (exact) mass is 278 g/mol. The number of aryl methyl sites for hydroxylation is 1. The van der Waals surface area contributed by atoms with Gasteiger partial charge < -0.3 is 15.8 Å². The van der Waals surface area contributed by atoms with Gasteiger partial charge in [0.25, 0.3) is 5.91 Å². The predicted octanol–water partition coefficient (Wildman–Crippen LogP) is 1.89. The van der Waals surface area contributed by atoms with E-state index in [2.05, 4.69) is 5.32 Å². The van der Waals surface area contributed by atoms with E-state index in [1.807, 2.05) is 20.8 Å². The Balaban J connectivity index is 2.53. The largest absolute Gasteiger partial charge is 0.452 e. The van der Waals surface area contributed by atoms with Crippen molar-refractivity contribution in [3.05, 3.63) is 29.3 Å². The number of hydrogen-bond acceptors (Lipinski definition) is 4. The fraction of sp³-hybridized carbons (Fsp3) is 0.467. The van der Waals surface area contributed by atoms with Gasteiger partial charge in [-0.1, -0.05) is 13.8 Å². The second-order valence-corrected chi connectivity index (χ2v) is 5.25. The van der Waals surface area contributed by atoms with Crippen molar-refractivity contribution in [2.45, 2.75) is 33.7 Å². The third-order valence-electron chi connectivity index (χ3n) is 3.19. The second-order valence-electron chi connectivity index (χ2n) is 5.25. The SMILES string of the molecule is Cc1cc(N)ccc1C(=O)OCC(=O)NC(C)C(C)C. The molecule has 110 valence electrons. The molecule has 0 aliphatic heterocycles. The molecule has 1 atom stereocenters. The lowest BCUT2D eigenvalue weighted by molar-refractivity contribution is -0.125. The maximum atomic E-state index is 11.9. The topological polar surface area (TPSA) is 81.4 Å². The third-order valence-corrected chi connectivity index (χ3v) is 3.19. The highest BCUT2D eigenvalue weighted by atomic mass is 16.5. The van der Waals surface area contributed by atoms with Crippen LogP contribution in [0.2, 0.25) is 0 Å². The van der Waals surface area contributed by atoms with Gasteiger partial charge in [0.1, 0.15) is 0 Å². The lowest BCUT2D eigenvalue weighted by Crippen LogP contribution is -2.38. The molecule has 5 heteroatoms. The Morgan fingerprint density at radius 3 is 2.50 bits per heavy atom. The van der Waals surface area contributed by atoms with Gasteiger partial charge in [-0.15, -0.1) is 0 Å². The van der Waals surface area contributed by atoms with Gasteiger partial charge in [0.15, 0.2) is 6.61 Å². The Morgan fingerprint density at radius 2 is 1.95 bits per heavy atom. The number of rotatable bonds is 5. The zero-order valence-corrected chi connectivity index (χ0v) is 12.4. The van der Waals surface area contributed by atoms with Crippen LogP contribution in [0.3, 0.4) is 0 Å². The Kier molecular flexibility index (Phi) is 5.55. The molecule has 0 aliphatic rings. The summed E-state index contributed by atoms with van der Waals surface area (Å²) in [7, 11) is 0. The quantitative estimate of drug-likeness (QED) is 0.636. The van der Waals surface area contributed by atoms with Gasteiger partial charge >= 0.3 is 5.97 Å². The molecule has 0 spiro atoms. The van der Waals surface area contributed by atoms with Gasteiger partial charge in [-0.25, -0.2) is 4.79 Å². The lowest BCUT2D eigenvalue weighted by Gasteiger charge is -2.17. The summed E-state index contributed by atoms with van der Waals surface area (Å²) in [6.45, 7) is 7.42. The standard InChI is InChI=1S/C15H22N2O3/c1-9(2)11(4)17-14(18)8-20-15(19)13-6-5-12(16)7-10(13)3/h5-7,9,11H,8,16H2,1-4H3,(H,17,18). The van der Waals surface area contributed by atoms with Crippen molar-refractivity contribution in [2.75, 3.05) is 12.3 Å². The van der Waals surface area contributed by atoms with Crippen molar-refractivity contribution in [3.8, 4) is 0 Å². The highest BCUT2D eigenvalue weighted by Gasteiger charge is 2.15. The lowest BCUT2D eigenvalue weighted by atomic mass is 10.1. The highest BCUT2D eigenvalue weighted by Crippen LogP contribution is 2.13.